The van der Waals surface area contributed by atoms with E-state index in [1.54, 1.807) is 0 Å². The largest absolute Gasteiger partial charge is 0.437 e. The molecular formula is C17H14NO+. The van der Waals surface area contributed by atoms with E-state index >= 15 is 0 Å². The van der Waals surface area contributed by atoms with Crippen molar-refractivity contribution in [1.82, 2.24) is 0 Å². The second-order valence-corrected chi connectivity index (χ2v) is 4.79. The molecule has 2 aromatic carbocycles. The number of fused-ring (bicyclic) bond motifs is 3. The molecule has 0 aliphatic carbocycles. The van der Waals surface area contributed by atoms with E-state index in [0.29, 0.717) is 0 Å². The van der Waals surface area contributed by atoms with Gasteiger partial charge >= 0.3 is 5.88 Å². The number of ether oxygens (including phenoxy) is 1. The zero-order valence-electron chi connectivity index (χ0n) is 10.5. The van der Waals surface area contributed by atoms with Crippen LogP contribution in [-0.4, -0.2) is 6.61 Å². The summed E-state index contributed by atoms with van der Waals surface area (Å²) in [6.45, 7) is 1.68. The van der Waals surface area contributed by atoms with Crippen LogP contribution in [0.5, 0.6) is 5.88 Å². The maximum atomic E-state index is 5.84. The lowest BCUT2D eigenvalue weighted by Crippen LogP contribution is -2.33. The van der Waals surface area contributed by atoms with Gasteiger partial charge in [0.1, 0.15) is 0 Å². The van der Waals surface area contributed by atoms with Crippen LogP contribution in [-0.2, 0) is 6.54 Å². The van der Waals surface area contributed by atoms with E-state index in [2.05, 4.69) is 59.2 Å². The minimum Gasteiger partial charge on any atom is -0.437 e. The Balaban J connectivity index is 2.07. The molecule has 2 nitrogen and oxygen atoms in total. The van der Waals surface area contributed by atoms with Crippen molar-refractivity contribution in [2.75, 3.05) is 6.61 Å². The Hall–Kier alpha value is -2.35. The van der Waals surface area contributed by atoms with Gasteiger partial charge in [-0.3, -0.25) is 0 Å². The highest BCUT2D eigenvalue weighted by molar-refractivity contribution is 5.88. The molecule has 0 atom stereocenters. The first-order valence-corrected chi connectivity index (χ1v) is 6.57. The minimum atomic E-state index is 0.758. The quantitative estimate of drug-likeness (QED) is 0.603. The van der Waals surface area contributed by atoms with E-state index in [9.17, 15) is 0 Å². The minimum absolute atomic E-state index is 0.758. The van der Waals surface area contributed by atoms with Gasteiger partial charge < -0.3 is 4.74 Å². The fraction of sp³-hybridized carbons (Fsp3) is 0.118. The molecule has 3 aromatic rings. The van der Waals surface area contributed by atoms with E-state index in [1.165, 1.54) is 22.0 Å². The third-order valence-corrected chi connectivity index (χ3v) is 3.64. The van der Waals surface area contributed by atoms with Gasteiger partial charge in [-0.1, -0.05) is 36.4 Å². The van der Waals surface area contributed by atoms with Crippen molar-refractivity contribution in [3.05, 3.63) is 60.7 Å². The maximum absolute atomic E-state index is 5.84. The maximum Gasteiger partial charge on any atom is 0.376 e. The van der Waals surface area contributed by atoms with Gasteiger partial charge in [-0.05, 0) is 23.6 Å². The van der Waals surface area contributed by atoms with Crippen LogP contribution in [0.2, 0.25) is 0 Å². The highest BCUT2D eigenvalue weighted by Gasteiger charge is 2.28. The van der Waals surface area contributed by atoms with Gasteiger partial charge in [-0.2, -0.15) is 4.57 Å². The molecular weight excluding hydrogens is 234 g/mol. The molecule has 2 heteroatoms. The summed E-state index contributed by atoms with van der Waals surface area (Å²) in [5.74, 6) is 0.997. The van der Waals surface area contributed by atoms with Crippen molar-refractivity contribution in [1.29, 1.82) is 0 Å². The molecule has 0 N–H and O–H groups in total. The Bertz CT molecular complexity index is 750. The summed E-state index contributed by atoms with van der Waals surface area (Å²) in [4.78, 5) is 0. The lowest BCUT2D eigenvalue weighted by molar-refractivity contribution is -0.667. The average Bonchev–Trinajstić information content (AvgIpc) is 2.97. The van der Waals surface area contributed by atoms with Gasteiger partial charge in [-0.15, -0.1) is 0 Å². The summed E-state index contributed by atoms with van der Waals surface area (Å²) in [6, 6.07) is 21.2. The number of nitrogens with zero attached hydrogens (tertiary/aromatic N) is 1. The summed E-state index contributed by atoms with van der Waals surface area (Å²) in [7, 11) is 0. The lowest BCUT2D eigenvalue weighted by Gasteiger charge is -2.04. The first-order chi connectivity index (χ1) is 9.43. The first-order valence-electron chi connectivity index (χ1n) is 6.57. The molecule has 0 saturated carbocycles. The zero-order chi connectivity index (χ0) is 12.7. The second kappa shape index (κ2) is 4.09. The molecule has 0 radical (unpaired) electrons. The van der Waals surface area contributed by atoms with Crippen LogP contribution in [0, 0.1) is 0 Å². The molecule has 0 bridgehead atoms. The van der Waals surface area contributed by atoms with Crippen molar-refractivity contribution in [2.45, 2.75) is 6.54 Å². The number of benzene rings is 2. The first kappa shape index (κ1) is 10.6. The number of hydrogen-bond donors (Lipinski definition) is 0. The number of aromatic nitrogens is 1. The number of pyridine rings is 1. The molecule has 2 heterocycles. The Morgan fingerprint density at radius 3 is 2.58 bits per heavy atom. The Morgan fingerprint density at radius 2 is 1.68 bits per heavy atom. The zero-order valence-corrected chi connectivity index (χ0v) is 10.5. The molecule has 1 aliphatic heterocycles. The molecule has 1 aliphatic rings. The lowest BCUT2D eigenvalue weighted by atomic mass is 10.1. The van der Waals surface area contributed by atoms with Crippen molar-refractivity contribution >= 4 is 10.8 Å². The third-order valence-electron chi connectivity index (χ3n) is 3.64. The van der Waals surface area contributed by atoms with Crippen molar-refractivity contribution in [2.24, 2.45) is 0 Å². The monoisotopic (exact) mass is 248 g/mol. The predicted octanol–water partition coefficient (Wildman–Crippen LogP) is 3.19. The van der Waals surface area contributed by atoms with Gasteiger partial charge in [0, 0.05) is 11.6 Å². The second-order valence-electron chi connectivity index (χ2n) is 4.79. The van der Waals surface area contributed by atoms with Gasteiger partial charge in [0.25, 0.3) is 0 Å². The molecule has 0 fully saturated rings. The fourth-order valence-electron chi connectivity index (χ4n) is 2.76. The van der Waals surface area contributed by atoms with Gasteiger partial charge in [0.15, 0.2) is 13.2 Å². The fourth-order valence-corrected chi connectivity index (χ4v) is 2.76. The SMILES string of the molecule is c1ccc(-c2cc3ccccc3c3[n+]2CCO3)cc1. The van der Waals surface area contributed by atoms with Crippen LogP contribution in [0.3, 0.4) is 0 Å². The van der Waals surface area contributed by atoms with Gasteiger partial charge in [0.05, 0.1) is 5.39 Å². The number of rotatable bonds is 1. The molecule has 19 heavy (non-hydrogen) atoms. The van der Waals surface area contributed by atoms with Crippen LogP contribution in [0.1, 0.15) is 0 Å². The molecule has 0 saturated heterocycles. The van der Waals surface area contributed by atoms with E-state index in [1.807, 2.05) is 6.07 Å². The summed E-state index contributed by atoms with van der Waals surface area (Å²) in [5, 5.41) is 2.43. The smallest absolute Gasteiger partial charge is 0.376 e. The molecule has 92 valence electrons. The normalized spacial score (nSPS) is 13.3. The number of hydrogen-bond acceptors (Lipinski definition) is 1. The van der Waals surface area contributed by atoms with E-state index < -0.39 is 0 Å². The Labute approximate surface area is 111 Å². The van der Waals surface area contributed by atoms with Gasteiger partial charge in [0.2, 0.25) is 5.69 Å². The topological polar surface area (TPSA) is 13.1 Å². The highest BCUT2D eigenvalue weighted by Crippen LogP contribution is 2.29. The molecule has 1 aromatic heterocycles. The summed E-state index contributed by atoms with van der Waals surface area (Å²) in [5.41, 5.74) is 2.46. The summed E-state index contributed by atoms with van der Waals surface area (Å²) in [6.07, 6.45) is 0. The standard InChI is InChI=1S/C17H14NO/c1-2-6-13(7-3-1)16-12-14-8-4-5-9-15(14)17-18(16)10-11-19-17/h1-9,12H,10-11H2/q+1. The summed E-state index contributed by atoms with van der Waals surface area (Å²) >= 11 is 0. The van der Waals surface area contributed by atoms with Crippen molar-refractivity contribution in [3.8, 4) is 17.1 Å². The summed E-state index contributed by atoms with van der Waals surface area (Å²) < 4.78 is 8.11. The highest BCUT2D eigenvalue weighted by atomic mass is 16.5. The van der Waals surface area contributed by atoms with Crippen LogP contribution in [0.15, 0.2) is 60.7 Å². The van der Waals surface area contributed by atoms with Crippen LogP contribution >= 0.6 is 0 Å². The van der Waals surface area contributed by atoms with E-state index in [4.69, 9.17) is 4.74 Å². The Morgan fingerprint density at radius 1 is 0.895 bits per heavy atom. The third kappa shape index (κ3) is 1.60. The average molecular weight is 248 g/mol. The predicted molar refractivity (Wildman–Crippen MR) is 75.1 cm³/mol. The van der Waals surface area contributed by atoms with Crippen LogP contribution in [0.25, 0.3) is 22.0 Å². The molecule has 0 spiro atoms. The van der Waals surface area contributed by atoms with E-state index in [0.717, 1.165) is 19.0 Å². The molecule has 4 rings (SSSR count). The van der Waals surface area contributed by atoms with Crippen molar-refractivity contribution in [3.63, 3.8) is 0 Å². The Kier molecular flexibility index (Phi) is 2.27. The molecule has 0 unspecified atom stereocenters. The van der Waals surface area contributed by atoms with Crippen molar-refractivity contribution < 1.29 is 9.30 Å². The molecule has 0 amide bonds. The van der Waals surface area contributed by atoms with Crippen LogP contribution < -0.4 is 9.30 Å². The van der Waals surface area contributed by atoms with Crippen LogP contribution in [0.4, 0.5) is 0 Å². The van der Waals surface area contributed by atoms with E-state index in [-0.39, 0.29) is 0 Å². The van der Waals surface area contributed by atoms with Gasteiger partial charge in [-0.25, -0.2) is 0 Å².